The van der Waals surface area contributed by atoms with Crippen LogP contribution in [0.1, 0.15) is 44.9 Å². The van der Waals surface area contributed by atoms with Crippen molar-refractivity contribution >= 4 is 18.5 Å². The number of carbonyl (C=O) groups excluding carboxylic acids is 1. The average Bonchev–Trinajstić information content (AvgIpc) is 3.14. The van der Waals surface area contributed by atoms with Crippen LogP contribution in [-0.2, 0) is 4.79 Å². The summed E-state index contributed by atoms with van der Waals surface area (Å²) in [6.45, 7) is 0. The minimum absolute atomic E-state index is 0.269. The molecule has 3 aliphatic carbocycles. The Kier molecular flexibility index (Phi) is 2.69. The number of rotatable bonds is 6. The van der Waals surface area contributed by atoms with Crippen molar-refractivity contribution in [1.29, 1.82) is 0 Å². The summed E-state index contributed by atoms with van der Waals surface area (Å²) in [4.78, 5) is 12.0. The highest BCUT2D eigenvalue weighted by atomic mass is 32.1. The standard InChI is InChI=1S/C13H21NOS/c15-11(7-13(8-16)5-6-13)14-12(9-1-2-9)10-3-4-10/h9-10,12,16H,1-8H2,(H,14,15). The van der Waals surface area contributed by atoms with E-state index in [2.05, 4.69) is 17.9 Å². The summed E-state index contributed by atoms with van der Waals surface area (Å²) in [5, 5.41) is 3.30. The summed E-state index contributed by atoms with van der Waals surface area (Å²) >= 11 is 4.35. The summed E-state index contributed by atoms with van der Waals surface area (Å²) in [5.74, 6) is 2.78. The lowest BCUT2D eigenvalue weighted by Crippen LogP contribution is -2.39. The van der Waals surface area contributed by atoms with E-state index in [1.54, 1.807) is 0 Å². The largest absolute Gasteiger partial charge is 0.353 e. The molecular weight excluding hydrogens is 218 g/mol. The van der Waals surface area contributed by atoms with E-state index >= 15 is 0 Å². The first kappa shape index (κ1) is 10.9. The van der Waals surface area contributed by atoms with Gasteiger partial charge in [-0.05, 0) is 61.5 Å². The van der Waals surface area contributed by atoms with Gasteiger partial charge in [0.15, 0.2) is 0 Å². The van der Waals surface area contributed by atoms with Crippen LogP contribution < -0.4 is 5.32 Å². The van der Waals surface area contributed by atoms with Gasteiger partial charge in [-0.3, -0.25) is 4.79 Å². The molecule has 1 amide bonds. The van der Waals surface area contributed by atoms with E-state index in [1.807, 2.05) is 0 Å². The number of nitrogens with one attached hydrogen (secondary N) is 1. The van der Waals surface area contributed by atoms with Crippen molar-refractivity contribution in [2.75, 3.05) is 5.75 Å². The van der Waals surface area contributed by atoms with Gasteiger partial charge >= 0.3 is 0 Å². The Morgan fingerprint density at radius 3 is 2.19 bits per heavy atom. The fourth-order valence-corrected chi connectivity index (χ4v) is 3.10. The fraction of sp³-hybridized carbons (Fsp3) is 0.923. The van der Waals surface area contributed by atoms with Crippen LogP contribution >= 0.6 is 12.6 Å². The third kappa shape index (κ3) is 2.39. The summed E-state index contributed by atoms with van der Waals surface area (Å²) in [6.07, 6.45) is 8.44. The van der Waals surface area contributed by atoms with Gasteiger partial charge in [0.25, 0.3) is 0 Å². The van der Waals surface area contributed by atoms with E-state index in [-0.39, 0.29) is 11.3 Å². The Bertz CT molecular complexity index is 280. The predicted molar refractivity (Wildman–Crippen MR) is 67.5 cm³/mol. The molecule has 3 aliphatic rings. The molecule has 0 atom stereocenters. The Balaban J connectivity index is 1.50. The first-order valence-corrected chi connectivity index (χ1v) is 7.26. The van der Waals surface area contributed by atoms with Crippen molar-refractivity contribution in [2.24, 2.45) is 17.3 Å². The van der Waals surface area contributed by atoms with E-state index in [9.17, 15) is 4.79 Å². The molecule has 0 unspecified atom stereocenters. The lowest BCUT2D eigenvalue weighted by molar-refractivity contribution is -0.123. The zero-order valence-corrected chi connectivity index (χ0v) is 10.6. The third-order valence-electron chi connectivity index (χ3n) is 4.42. The van der Waals surface area contributed by atoms with Crippen LogP contribution in [0.3, 0.4) is 0 Å². The van der Waals surface area contributed by atoms with Crippen molar-refractivity contribution in [3.8, 4) is 0 Å². The number of amides is 1. The molecule has 0 spiro atoms. The predicted octanol–water partition coefficient (Wildman–Crippen LogP) is 2.39. The topological polar surface area (TPSA) is 29.1 Å². The molecule has 90 valence electrons. The van der Waals surface area contributed by atoms with E-state index in [4.69, 9.17) is 0 Å². The molecular formula is C13H21NOS. The normalized spacial score (nSPS) is 26.9. The second kappa shape index (κ2) is 3.94. The first-order valence-electron chi connectivity index (χ1n) is 6.63. The molecule has 0 radical (unpaired) electrons. The van der Waals surface area contributed by atoms with Crippen LogP contribution in [0.25, 0.3) is 0 Å². The van der Waals surface area contributed by atoms with Gasteiger partial charge in [0.2, 0.25) is 5.91 Å². The smallest absolute Gasteiger partial charge is 0.220 e. The minimum Gasteiger partial charge on any atom is -0.353 e. The van der Waals surface area contributed by atoms with Crippen molar-refractivity contribution < 1.29 is 4.79 Å². The molecule has 0 aromatic heterocycles. The van der Waals surface area contributed by atoms with Crippen LogP contribution in [0.15, 0.2) is 0 Å². The second-order valence-corrected chi connectivity index (χ2v) is 6.42. The van der Waals surface area contributed by atoms with Gasteiger partial charge in [0.1, 0.15) is 0 Å². The Hall–Kier alpha value is -0.180. The molecule has 3 fully saturated rings. The molecule has 1 N–H and O–H groups in total. The maximum atomic E-state index is 12.0. The van der Waals surface area contributed by atoms with Crippen LogP contribution in [0.2, 0.25) is 0 Å². The molecule has 3 heteroatoms. The van der Waals surface area contributed by atoms with Crippen molar-refractivity contribution in [3.05, 3.63) is 0 Å². The van der Waals surface area contributed by atoms with Gasteiger partial charge in [-0.25, -0.2) is 0 Å². The zero-order valence-electron chi connectivity index (χ0n) is 9.74. The molecule has 0 heterocycles. The Labute approximate surface area is 103 Å². The van der Waals surface area contributed by atoms with Gasteiger partial charge in [-0.1, -0.05) is 0 Å². The first-order chi connectivity index (χ1) is 7.72. The van der Waals surface area contributed by atoms with Gasteiger partial charge in [-0.15, -0.1) is 0 Å². The van der Waals surface area contributed by atoms with E-state index in [0.29, 0.717) is 12.5 Å². The van der Waals surface area contributed by atoms with Gasteiger partial charge in [-0.2, -0.15) is 12.6 Å². The maximum Gasteiger partial charge on any atom is 0.220 e. The second-order valence-electron chi connectivity index (χ2n) is 6.10. The van der Waals surface area contributed by atoms with Crippen LogP contribution in [0.5, 0.6) is 0 Å². The van der Waals surface area contributed by atoms with E-state index in [0.717, 1.165) is 17.6 Å². The van der Waals surface area contributed by atoms with Crippen LogP contribution in [-0.4, -0.2) is 17.7 Å². The van der Waals surface area contributed by atoms with Gasteiger partial charge in [0, 0.05) is 12.5 Å². The quantitative estimate of drug-likeness (QED) is 0.685. The highest BCUT2D eigenvalue weighted by Gasteiger charge is 2.45. The fourth-order valence-electron chi connectivity index (χ4n) is 2.68. The molecule has 2 nitrogen and oxygen atoms in total. The SMILES string of the molecule is O=C(CC1(CS)CC1)NC(C1CC1)C1CC1. The zero-order chi connectivity index (χ0) is 11.2. The lowest BCUT2D eigenvalue weighted by atomic mass is 10.0. The van der Waals surface area contributed by atoms with Crippen molar-refractivity contribution in [1.82, 2.24) is 5.32 Å². The summed E-state index contributed by atoms with van der Waals surface area (Å²) in [6, 6.07) is 0.517. The van der Waals surface area contributed by atoms with Crippen LogP contribution in [0.4, 0.5) is 0 Å². The third-order valence-corrected chi connectivity index (χ3v) is 5.09. The number of hydrogen-bond donors (Lipinski definition) is 2. The number of thiol groups is 1. The summed E-state index contributed by atoms with van der Waals surface area (Å²) in [7, 11) is 0. The average molecular weight is 239 g/mol. The molecule has 0 saturated heterocycles. The molecule has 0 aliphatic heterocycles. The molecule has 0 bridgehead atoms. The van der Waals surface area contributed by atoms with Gasteiger partial charge in [0.05, 0.1) is 0 Å². The highest BCUT2D eigenvalue weighted by Crippen LogP contribution is 2.50. The van der Waals surface area contributed by atoms with Gasteiger partial charge < -0.3 is 5.32 Å². The molecule has 3 saturated carbocycles. The Morgan fingerprint density at radius 1 is 1.25 bits per heavy atom. The Morgan fingerprint density at radius 2 is 1.81 bits per heavy atom. The van der Waals surface area contributed by atoms with Crippen LogP contribution in [0, 0.1) is 17.3 Å². The van der Waals surface area contributed by atoms with E-state index in [1.165, 1.54) is 38.5 Å². The summed E-state index contributed by atoms with van der Waals surface area (Å²) < 4.78 is 0. The molecule has 16 heavy (non-hydrogen) atoms. The monoisotopic (exact) mass is 239 g/mol. The summed E-state index contributed by atoms with van der Waals surface area (Å²) in [5.41, 5.74) is 0.269. The number of hydrogen-bond acceptors (Lipinski definition) is 2. The molecule has 3 rings (SSSR count). The maximum absolute atomic E-state index is 12.0. The molecule has 0 aromatic carbocycles. The lowest BCUT2D eigenvalue weighted by Gasteiger charge is -2.19. The minimum atomic E-state index is 0.269. The van der Waals surface area contributed by atoms with Crippen molar-refractivity contribution in [2.45, 2.75) is 51.0 Å². The molecule has 0 aromatic rings. The van der Waals surface area contributed by atoms with Crippen molar-refractivity contribution in [3.63, 3.8) is 0 Å². The highest BCUT2D eigenvalue weighted by molar-refractivity contribution is 7.80. The van der Waals surface area contributed by atoms with E-state index < -0.39 is 0 Å². The number of carbonyl (C=O) groups is 1.